The zero-order valence-corrected chi connectivity index (χ0v) is 15.4. The molecule has 1 heterocycles. The van der Waals surface area contributed by atoms with Crippen LogP contribution in [0.5, 0.6) is 0 Å². The Morgan fingerprint density at radius 2 is 2.00 bits per heavy atom. The van der Waals surface area contributed by atoms with Gasteiger partial charge in [0.2, 0.25) is 0 Å². The van der Waals surface area contributed by atoms with Crippen LogP contribution < -0.4 is 5.32 Å². The van der Waals surface area contributed by atoms with Gasteiger partial charge in [0.05, 0.1) is 18.7 Å². The highest BCUT2D eigenvalue weighted by molar-refractivity contribution is 5.68. The molecule has 3 unspecified atom stereocenters. The van der Waals surface area contributed by atoms with Crippen molar-refractivity contribution < 1.29 is 14.3 Å². The van der Waals surface area contributed by atoms with Crippen LogP contribution in [0, 0.1) is 5.92 Å². The van der Waals surface area contributed by atoms with Gasteiger partial charge in [-0.25, -0.2) is 4.79 Å². The fraction of sp³-hybridized carbons (Fsp3) is 0.944. The number of rotatable bonds is 4. The first-order valence-electron chi connectivity index (χ1n) is 9.09. The van der Waals surface area contributed by atoms with E-state index in [0.717, 1.165) is 5.92 Å². The van der Waals surface area contributed by atoms with Gasteiger partial charge in [-0.1, -0.05) is 26.2 Å². The van der Waals surface area contributed by atoms with Crippen molar-refractivity contribution in [1.82, 2.24) is 10.2 Å². The Morgan fingerprint density at radius 1 is 1.26 bits per heavy atom. The lowest BCUT2D eigenvalue weighted by Gasteiger charge is -2.32. The molecule has 0 aromatic heterocycles. The minimum atomic E-state index is -0.455. The first-order valence-corrected chi connectivity index (χ1v) is 9.09. The Morgan fingerprint density at radius 3 is 2.61 bits per heavy atom. The van der Waals surface area contributed by atoms with Gasteiger partial charge in [-0.15, -0.1) is 0 Å². The highest BCUT2D eigenvalue weighted by Gasteiger charge is 2.38. The Kier molecular flexibility index (Phi) is 6.32. The molecule has 2 aliphatic rings. The third-order valence-electron chi connectivity index (χ3n) is 5.03. The van der Waals surface area contributed by atoms with Crippen molar-refractivity contribution in [1.29, 1.82) is 0 Å². The van der Waals surface area contributed by atoms with E-state index < -0.39 is 5.60 Å². The van der Waals surface area contributed by atoms with Gasteiger partial charge in [0.25, 0.3) is 0 Å². The van der Waals surface area contributed by atoms with Gasteiger partial charge in [0, 0.05) is 19.7 Å². The van der Waals surface area contributed by atoms with Crippen molar-refractivity contribution >= 4 is 6.09 Å². The number of amides is 1. The van der Waals surface area contributed by atoms with Crippen LogP contribution in [0.1, 0.15) is 59.8 Å². The molecule has 2 rings (SSSR count). The van der Waals surface area contributed by atoms with Gasteiger partial charge in [0.1, 0.15) is 5.60 Å². The van der Waals surface area contributed by atoms with Gasteiger partial charge in [0.15, 0.2) is 0 Å². The molecule has 0 spiro atoms. The van der Waals surface area contributed by atoms with Crippen LogP contribution in [-0.4, -0.2) is 55.0 Å². The molecule has 5 heteroatoms. The molecule has 0 aromatic carbocycles. The van der Waals surface area contributed by atoms with Gasteiger partial charge < -0.3 is 19.7 Å². The molecule has 1 saturated heterocycles. The number of nitrogens with one attached hydrogen (secondary N) is 1. The van der Waals surface area contributed by atoms with Crippen molar-refractivity contribution in [3.63, 3.8) is 0 Å². The second-order valence-electron chi connectivity index (χ2n) is 8.07. The molecule has 1 aliphatic carbocycles. The Bertz CT molecular complexity index is 394. The molecule has 0 radical (unpaired) electrons. The molecule has 1 aliphatic heterocycles. The first kappa shape index (κ1) is 18.5. The highest BCUT2D eigenvalue weighted by Crippen LogP contribution is 2.28. The van der Waals surface area contributed by atoms with Gasteiger partial charge in [-0.2, -0.15) is 0 Å². The number of nitrogens with zero attached hydrogens (tertiary/aromatic N) is 1. The van der Waals surface area contributed by atoms with Crippen LogP contribution >= 0.6 is 0 Å². The third-order valence-corrected chi connectivity index (χ3v) is 5.03. The molecule has 1 amide bonds. The first-order chi connectivity index (χ1) is 10.8. The number of likely N-dealkylation sites (tertiary alicyclic amines) is 1. The fourth-order valence-corrected chi connectivity index (χ4v) is 3.76. The summed E-state index contributed by atoms with van der Waals surface area (Å²) in [4.78, 5) is 14.1. The SMILES string of the molecule is CCC1CCCC(NC2CN(C(=O)OC(C)(C)C)C[C@@H]2OC)C1. The quantitative estimate of drug-likeness (QED) is 0.862. The molecular formula is C18H34N2O3. The Hall–Kier alpha value is -0.810. The molecule has 134 valence electrons. The fourth-order valence-electron chi connectivity index (χ4n) is 3.76. The summed E-state index contributed by atoms with van der Waals surface area (Å²) in [6, 6.07) is 0.753. The summed E-state index contributed by atoms with van der Waals surface area (Å²) in [5.41, 5.74) is -0.455. The number of hydrogen-bond acceptors (Lipinski definition) is 4. The minimum Gasteiger partial charge on any atom is -0.444 e. The van der Waals surface area contributed by atoms with Crippen molar-refractivity contribution in [2.45, 2.75) is 83.6 Å². The van der Waals surface area contributed by atoms with E-state index in [1.165, 1.54) is 32.1 Å². The molecule has 1 saturated carbocycles. The number of carbonyl (C=O) groups excluding carboxylic acids is 1. The van der Waals surface area contributed by atoms with Gasteiger partial charge in [-0.3, -0.25) is 0 Å². The van der Waals surface area contributed by atoms with E-state index in [1.807, 2.05) is 20.8 Å². The third kappa shape index (κ3) is 5.35. The Labute approximate surface area is 141 Å². The Balaban J connectivity index is 1.90. The number of hydrogen-bond donors (Lipinski definition) is 1. The highest BCUT2D eigenvalue weighted by atomic mass is 16.6. The number of ether oxygens (including phenoxy) is 2. The summed E-state index contributed by atoms with van der Waals surface area (Å²) in [6.45, 7) is 9.25. The summed E-state index contributed by atoms with van der Waals surface area (Å²) in [5.74, 6) is 0.839. The van der Waals surface area contributed by atoms with Crippen LogP contribution in [0.15, 0.2) is 0 Å². The standard InChI is InChI=1S/C18H34N2O3/c1-6-13-8-7-9-14(10-13)19-15-11-20(12-16(15)22-5)17(21)23-18(2,3)4/h13-16,19H,6-12H2,1-5H3/t13?,14?,15?,16-/m0/s1. The van der Waals surface area contributed by atoms with Crippen molar-refractivity contribution in [2.75, 3.05) is 20.2 Å². The van der Waals surface area contributed by atoms with E-state index in [4.69, 9.17) is 9.47 Å². The molecular weight excluding hydrogens is 292 g/mol. The van der Waals surface area contributed by atoms with Gasteiger partial charge >= 0.3 is 6.09 Å². The lowest BCUT2D eigenvalue weighted by atomic mass is 9.84. The molecule has 4 atom stereocenters. The van der Waals surface area contributed by atoms with Crippen LogP contribution in [0.4, 0.5) is 4.79 Å². The number of carbonyl (C=O) groups is 1. The maximum Gasteiger partial charge on any atom is 0.410 e. The summed E-state index contributed by atoms with van der Waals surface area (Å²) < 4.78 is 11.1. The van der Waals surface area contributed by atoms with E-state index in [0.29, 0.717) is 19.1 Å². The van der Waals surface area contributed by atoms with E-state index in [1.54, 1.807) is 12.0 Å². The lowest BCUT2D eigenvalue weighted by molar-refractivity contribution is 0.0252. The summed E-state index contributed by atoms with van der Waals surface area (Å²) in [5, 5.41) is 3.76. The topological polar surface area (TPSA) is 50.8 Å². The maximum absolute atomic E-state index is 12.3. The van der Waals surface area contributed by atoms with E-state index >= 15 is 0 Å². The number of methoxy groups -OCH3 is 1. The molecule has 2 fully saturated rings. The predicted molar refractivity (Wildman–Crippen MR) is 91.6 cm³/mol. The summed E-state index contributed by atoms with van der Waals surface area (Å²) >= 11 is 0. The smallest absolute Gasteiger partial charge is 0.410 e. The lowest BCUT2D eigenvalue weighted by Crippen LogP contribution is -2.47. The van der Waals surface area contributed by atoms with Crippen molar-refractivity contribution in [3.8, 4) is 0 Å². The van der Waals surface area contributed by atoms with E-state index in [2.05, 4.69) is 12.2 Å². The zero-order chi connectivity index (χ0) is 17.0. The van der Waals surface area contributed by atoms with E-state index in [-0.39, 0.29) is 18.2 Å². The molecule has 1 N–H and O–H groups in total. The zero-order valence-electron chi connectivity index (χ0n) is 15.4. The average Bonchev–Trinajstić information content (AvgIpc) is 2.89. The predicted octanol–water partition coefficient (Wildman–Crippen LogP) is 3.18. The van der Waals surface area contributed by atoms with Crippen LogP contribution in [0.2, 0.25) is 0 Å². The minimum absolute atomic E-state index is 0.0459. The van der Waals surface area contributed by atoms with Crippen LogP contribution in [0.3, 0.4) is 0 Å². The molecule has 0 aromatic rings. The van der Waals surface area contributed by atoms with E-state index in [9.17, 15) is 4.79 Å². The molecule has 0 bridgehead atoms. The summed E-state index contributed by atoms with van der Waals surface area (Å²) in [7, 11) is 1.73. The van der Waals surface area contributed by atoms with Crippen LogP contribution in [0.25, 0.3) is 0 Å². The normalized spacial score (nSPS) is 32.1. The second-order valence-corrected chi connectivity index (χ2v) is 8.07. The molecule has 5 nitrogen and oxygen atoms in total. The molecule has 23 heavy (non-hydrogen) atoms. The summed E-state index contributed by atoms with van der Waals surface area (Å²) in [6.07, 6.45) is 6.21. The maximum atomic E-state index is 12.3. The van der Waals surface area contributed by atoms with Crippen molar-refractivity contribution in [2.24, 2.45) is 5.92 Å². The van der Waals surface area contributed by atoms with Gasteiger partial charge in [-0.05, 0) is 39.5 Å². The monoisotopic (exact) mass is 326 g/mol. The second kappa shape index (κ2) is 7.84. The van der Waals surface area contributed by atoms with Crippen LogP contribution in [-0.2, 0) is 9.47 Å². The largest absolute Gasteiger partial charge is 0.444 e. The van der Waals surface area contributed by atoms with Crippen molar-refractivity contribution in [3.05, 3.63) is 0 Å². The average molecular weight is 326 g/mol.